The van der Waals surface area contributed by atoms with Crippen LogP contribution in [-0.4, -0.2) is 72.5 Å². The molecule has 0 bridgehead atoms. The second-order valence-electron chi connectivity index (χ2n) is 12.2. The first kappa shape index (κ1) is 32.7. The second-order valence-corrected chi connectivity index (χ2v) is 12.2. The van der Waals surface area contributed by atoms with E-state index in [1.54, 1.807) is 41.3 Å². The Hall–Kier alpha value is -5.26. The Bertz CT molecular complexity index is 1730. The Labute approximate surface area is 280 Å². The normalized spacial score (nSPS) is 17.5. The van der Waals surface area contributed by atoms with Crippen molar-refractivity contribution in [2.75, 3.05) is 44.2 Å². The average molecular weight is 653 g/mol. The molecule has 2 aliphatic rings. The number of carbonyl (C=O) groups excluding carboxylic acids is 2. The monoisotopic (exact) mass is 652 g/mol. The molecule has 4 aromatic carbocycles. The third-order valence-electron chi connectivity index (χ3n) is 8.40. The smallest absolute Gasteiger partial charge is 0.323 e. The van der Waals surface area contributed by atoms with Crippen LogP contribution in [0.5, 0.6) is 28.7 Å². The van der Waals surface area contributed by atoms with E-state index in [2.05, 4.69) is 22.5 Å². The summed E-state index contributed by atoms with van der Waals surface area (Å²) in [6.07, 6.45) is -0.260. The SMILES string of the molecule is C[C@@H]1CN([C@@H](C)CO)C(=O)c2cc(NC(=O)Nc3ccc4c(c3)OCO4)ccc2O[C@H]1CN(C)Cc1ccc(Oc2ccccc2)cc1. The highest BCUT2D eigenvalue weighted by atomic mass is 16.7. The number of ether oxygens (including phenoxy) is 4. The van der Waals surface area contributed by atoms with Crippen molar-refractivity contribution in [2.24, 2.45) is 5.92 Å². The van der Waals surface area contributed by atoms with Gasteiger partial charge in [0.15, 0.2) is 11.5 Å². The molecule has 48 heavy (non-hydrogen) atoms. The Morgan fingerprint density at radius 1 is 0.938 bits per heavy atom. The van der Waals surface area contributed by atoms with E-state index in [1.807, 2.05) is 68.6 Å². The maximum Gasteiger partial charge on any atom is 0.323 e. The van der Waals surface area contributed by atoms with Gasteiger partial charge in [0.25, 0.3) is 5.91 Å². The zero-order chi connectivity index (χ0) is 33.6. The van der Waals surface area contributed by atoms with Crippen LogP contribution in [0.15, 0.2) is 91.0 Å². The van der Waals surface area contributed by atoms with Gasteiger partial charge in [-0.15, -0.1) is 0 Å². The first-order valence-corrected chi connectivity index (χ1v) is 16.0. The number of anilines is 2. The number of fused-ring (bicyclic) bond motifs is 2. The summed E-state index contributed by atoms with van der Waals surface area (Å²) in [5, 5.41) is 15.6. The molecule has 0 saturated carbocycles. The van der Waals surface area contributed by atoms with Crippen molar-refractivity contribution in [2.45, 2.75) is 32.5 Å². The zero-order valence-corrected chi connectivity index (χ0v) is 27.2. The predicted molar refractivity (Wildman–Crippen MR) is 182 cm³/mol. The van der Waals surface area contributed by atoms with E-state index in [0.717, 1.165) is 17.1 Å². The van der Waals surface area contributed by atoms with Gasteiger partial charge in [-0.05, 0) is 74.1 Å². The Balaban J connectivity index is 1.15. The van der Waals surface area contributed by atoms with Crippen LogP contribution in [0.1, 0.15) is 29.8 Å². The number of hydrogen-bond donors (Lipinski definition) is 3. The van der Waals surface area contributed by atoms with Crippen molar-refractivity contribution in [3.8, 4) is 28.7 Å². The van der Waals surface area contributed by atoms with E-state index in [4.69, 9.17) is 18.9 Å². The maximum absolute atomic E-state index is 13.8. The lowest BCUT2D eigenvalue weighted by molar-refractivity contribution is 0.0341. The van der Waals surface area contributed by atoms with Crippen LogP contribution in [0.3, 0.4) is 0 Å². The molecule has 0 aliphatic carbocycles. The fourth-order valence-corrected chi connectivity index (χ4v) is 5.76. The number of benzene rings is 4. The second kappa shape index (κ2) is 14.7. The third kappa shape index (κ3) is 7.81. The van der Waals surface area contributed by atoms with Crippen LogP contribution in [0, 0.1) is 5.92 Å². The molecule has 2 heterocycles. The van der Waals surface area contributed by atoms with E-state index in [9.17, 15) is 14.7 Å². The number of likely N-dealkylation sites (N-methyl/N-ethyl adjacent to an activating group) is 1. The number of urea groups is 1. The van der Waals surface area contributed by atoms with E-state index < -0.39 is 12.1 Å². The molecule has 4 aromatic rings. The van der Waals surface area contributed by atoms with Gasteiger partial charge in [-0.3, -0.25) is 9.69 Å². The van der Waals surface area contributed by atoms with Gasteiger partial charge in [0, 0.05) is 43.0 Å². The molecule has 0 aromatic heterocycles. The molecule has 0 unspecified atom stereocenters. The van der Waals surface area contributed by atoms with Crippen LogP contribution in [0.4, 0.5) is 16.2 Å². The highest BCUT2D eigenvalue weighted by Crippen LogP contribution is 2.35. The van der Waals surface area contributed by atoms with Gasteiger partial charge < -0.3 is 39.6 Å². The van der Waals surface area contributed by atoms with E-state index in [0.29, 0.717) is 53.8 Å². The van der Waals surface area contributed by atoms with Gasteiger partial charge in [-0.2, -0.15) is 0 Å². The number of carbonyl (C=O) groups is 2. The number of hydrogen-bond acceptors (Lipinski definition) is 8. The molecular weight excluding hydrogens is 612 g/mol. The minimum atomic E-state index is -0.485. The third-order valence-corrected chi connectivity index (χ3v) is 8.40. The van der Waals surface area contributed by atoms with Gasteiger partial charge >= 0.3 is 6.03 Å². The Morgan fingerprint density at radius 2 is 1.60 bits per heavy atom. The van der Waals surface area contributed by atoms with Gasteiger partial charge in [0.05, 0.1) is 18.2 Å². The summed E-state index contributed by atoms with van der Waals surface area (Å²) < 4.78 is 23.2. The molecule has 2 aliphatic heterocycles. The number of rotatable bonds is 10. The number of aliphatic hydroxyl groups is 1. The number of nitrogens with one attached hydrogen (secondary N) is 2. The quantitative estimate of drug-likeness (QED) is 0.185. The highest BCUT2D eigenvalue weighted by molar-refractivity contribution is 6.02. The van der Waals surface area contributed by atoms with Crippen molar-refractivity contribution in [1.29, 1.82) is 0 Å². The Kier molecular flexibility index (Phi) is 9.98. The Morgan fingerprint density at radius 3 is 2.33 bits per heavy atom. The average Bonchev–Trinajstić information content (AvgIpc) is 3.56. The molecule has 11 heteroatoms. The van der Waals surface area contributed by atoms with Crippen molar-refractivity contribution >= 4 is 23.3 Å². The summed E-state index contributed by atoms with van der Waals surface area (Å²) in [7, 11) is 2.04. The lowest BCUT2D eigenvalue weighted by atomic mass is 9.99. The molecule has 0 saturated heterocycles. The largest absolute Gasteiger partial charge is 0.488 e. The first-order chi connectivity index (χ1) is 23.2. The van der Waals surface area contributed by atoms with Gasteiger partial charge in [0.1, 0.15) is 23.4 Å². The fraction of sp³-hybridized carbons (Fsp3) is 0.297. The van der Waals surface area contributed by atoms with Gasteiger partial charge in [0.2, 0.25) is 6.79 Å². The van der Waals surface area contributed by atoms with Crippen LogP contribution in [0.25, 0.3) is 0 Å². The summed E-state index contributed by atoms with van der Waals surface area (Å²) >= 11 is 0. The topological polar surface area (TPSA) is 122 Å². The lowest BCUT2D eigenvalue weighted by Crippen LogP contribution is -2.49. The molecule has 3 N–H and O–H groups in total. The van der Waals surface area contributed by atoms with Crippen LogP contribution in [0.2, 0.25) is 0 Å². The number of amides is 3. The summed E-state index contributed by atoms with van der Waals surface area (Å²) in [4.78, 5) is 30.6. The molecule has 11 nitrogen and oxygen atoms in total. The number of aliphatic hydroxyl groups excluding tert-OH is 1. The molecule has 6 rings (SSSR count). The van der Waals surface area contributed by atoms with E-state index in [1.165, 1.54) is 0 Å². The molecule has 0 radical (unpaired) electrons. The van der Waals surface area contributed by atoms with E-state index in [-0.39, 0.29) is 31.3 Å². The minimum absolute atomic E-state index is 0.0366. The molecule has 250 valence electrons. The molecule has 3 amide bonds. The van der Waals surface area contributed by atoms with Crippen LogP contribution >= 0.6 is 0 Å². The van der Waals surface area contributed by atoms with Crippen LogP contribution < -0.4 is 29.6 Å². The van der Waals surface area contributed by atoms with Crippen LogP contribution in [-0.2, 0) is 6.54 Å². The number of nitrogens with zero attached hydrogens (tertiary/aromatic N) is 2. The van der Waals surface area contributed by atoms with E-state index >= 15 is 0 Å². The maximum atomic E-state index is 13.8. The molecule has 0 spiro atoms. The molecular formula is C37H40N4O7. The predicted octanol–water partition coefficient (Wildman–Crippen LogP) is 6.20. The summed E-state index contributed by atoms with van der Waals surface area (Å²) in [6.45, 7) is 5.50. The lowest BCUT2D eigenvalue weighted by Gasteiger charge is -2.38. The molecule has 3 atom stereocenters. The number of para-hydroxylation sites is 1. The van der Waals surface area contributed by atoms with Crippen molar-refractivity contribution in [1.82, 2.24) is 9.80 Å². The van der Waals surface area contributed by atoms with Crippen molar-refractivity contribution in [3.63, 3.8) is 0 Å². The molecule has 0 fully saturated rings. The summed E-state index contributed by atoms with van der Waals surface area (Å²) in [5.41, 5.74) is 2.38. The summed E-state index contributed by atoms with van der Waals surface area (Å²) in [5.74, 6) is 2.83. The first-order valence-electron chi connectivity index (χ1n) is 16.0. The summed E-state index contributed by atoms with van der Waals surface area (Å²) in [6, 6.07) is 26.9. The van der Waals surface area contributed by atoms with Gasteiger partial charge in [-0.25, -0.2) is 4.79 Å². The van der Waals surface area contributed by atoms with Crippen molar-refractivity contribution < 1.29 is 33.6 Å². The fourth-order valence-electron chi connectivity index (χ4n) is 5.76. The van der Waals surface area contributed by atoms with Gasteiger partial charge in [-0.1, -0.05) is 37.3 Å². The zero-order valence-electron chi connectivity index (χ0n) is 27.2. The standard InChI is InChI=1S/C37H40N4O7/c1-24-19-41(25(2)22-42)36(43)31-17-27(38-37(44)39-28-12-16-33-34(18-28)46-23-45-33)11-15-32(31)48-35(24)21-40(3)20-26-9-13-30(14-10-26)47-29-7-5-4-6-8-29/h4-18,24-25,35,42H,19-23H2,1-3H3,(H2,38,39,44)/t24-,25+,35+/m1/s1. The minimum Gasteiger partial charge on any atom is -0.488 e. The van der Waals surface area contributed by atoms with Crippen molar-refractivity contribution in [3.05, 3.63) is 102 Å². The highest BCUT2D eigenvalue weighted by Gasteiger charge is 2.33.